The van der Waals surface area contributed by atoms with E-state index in [4.69, 9.17) is 16.7 Å². The van der Waals surface area contributed by atoms with Crippen molar-refractivity contribution in [2.45, 2.75) is 18.7 Å². The maximum absolute atomic E-state index is 11.1. The Balaban J connectivity index is 1.87. The quantitative estimate of drug-likeness (QED) is 0.493. The number of aromatic carboxylic acids is 1. The molecule has 3 rings (SSSR count). The molecule has 0 bridgehead atoms. The number of hydrogen-bond donors (Lipinski definition) is 2. The molecule has 26 heavy (non-hydrogen) atoms. The summed E-state index contributed by atoms with van der Waals surface area (Å²) in [6.45, 7) is 4.09. The lowest BCUT2D eigenvalue weighted by Gasteiger charge is -2.08. The summed E-state index contributed by atoms with van der Waals surface area (Å²) in [6, 6.07) is 14.6. The van der Waals surface area contributed by atoms with E-state index in [2.05, 4.69) is 14.7 Å². The molecule has 0 spiro atoms. The number of aromatic nitrogens is 2. The third-order valence-corrected chi connectivity index (χ3v) is 4.81. The van der Waals surface area contributed by atoms with Crippen LogP contribution in [-0.4, -0.2) is 16.1 Å². The van der Waals surface area contributed by atoms with E-state index < -0.39 is 5.97 Å². The Morgan fingerprint density at radius 2 is 1.85 bits per heavy atom. The first-order chi connectivity index (χ1) is 12.4. The van der Waals surface area contributed by atoms with E-state index in [-0.39, 0.29) is 5.56 Å². The second kappa shape index (κ2) is 7.76. The molecule has 1 heterocycles. The first-order valence-electron chi connectivity index (χ1n) is 7.86. The Labute approximate surface area is 160 Å². The average molecular weight is 387 g/mol. The first-order valence-corrected chi connectivity index (χ1v) is 9.06. The van der Waals surface area contributed by atoms with E-state index in [9.17, 15) is 4.79 Å². The van der Waals surface area contributed by atoms with E-state index >= 15 is 0 Å². The van der Waals surface area contributed by atoms with Crippen molar-refractivity contribution in [2.75, 3.05) is 4.72 Å². The molecule has 3 aromatic rings. The number of H-pyrrole nitrogens is 1. The van der Waals surface area contributed by atoms with Gasteiger partial charge in [-0.3, -0.25) is 0 Å². The summed E-state index contributed by atoms with van der Waals surface area (Å²) >= 11 is 7.46. The molecule has 0 unspecified atom stereocenters. The number of nitrogens with zero attached hydrogens (tertiary/aromatic N) is 1. The highest BCUT2D eigenvalue weighted by molar-refractivity contribution is 8.00. The van der Waals surface area contributed by atoms with E-state index in [1.807, 2.05) is 38.1 Å². The smallest absolute Gasteiger partial charge is 0.402 e. The van der Waals surface area contributed by atoms with E-state index in [1.165, 1.54) is 11.9 Å². The fourth-order valence-electron chi connectivity index (χ4n) is 2.67. The van der Waals surface area contributed by atoms with Crippen molar-refractivity contribution in [2.24, 2.45) is 0 Å². The van der Waals surface area contributed by atoms with Gasteiger partial charge in [0.05, 0.1) is 17.5 Å². The standard InChI is InChI=1S/C19H16ClN3O2S/c1-11-5-3-6-12(2)17(11)15-10-16(20)22-19(21-15)23-26-14-8-4-7-13(9-14)18(24)25/h3-10H,1-2H3,(H,24,25)(H,21,22,23)/p+1. The molecule has 0 amide bonds. The molecular formula is C19H17ClN3O2S+. The van der Waals surface area contributed by atoms with Gasteiger partial charge in [0.1, 0.15) is 5.69 Å². The molecule has 2 aromatic carbocycles. The third kappa shape index (κ3) is 4.15. The highest BCUT2D eigenvalue weighted by Crippen LogP contribution is 2.26. The second-order valence-electron chi connectivity index (χ2n) is 5.77. The zero-order valence-corrected chi connectivity index (χ0v) is 15.8. The summed E-state index contributed by atoms with van der Waals surface area (Å²) in [7, 11) is 0. The van der Waals surface area contributed by atoms with Gasteiger partial charge in [-0.25, -0.2) is 14.5 Å². The molecule has 0 saturated carbocycles. The van der Waals surface area contributed by atoms with Gasteiger partial charge >= 0.3 is 11.9 Å². The van der Waals surface area contributed by atoms with E-state index in [1.54, 1.807) is 24.3 Å². The molecule has 0 aliphatic heterocycles. The Bertz CT molecular complexity index is 958. The summed E-state index contributed by atoms with van der Waals surface area (Å²) in [5.74, 6) is -0.474. The first kappa shape index (κ1) is 18.2. The van der Waals surface area contributed by atoms with Gasteiger partial charge < -0.3 is 5.11 Å². The monoisotopic (exact) mass is 386 g/mol. The average Bonchev–Trinajstić information content (AvgIpc) is 2.60. The molecule has 0 radical (unpaired) electrons. The topological polar surface area (TPSA) is 76.4 Å². The summed E-state index contributed by atoms with van der Waals surface area (Å²) in [5, 5.41) is 9.44. The number of nitrogens with one attached hydrogen (secondary N) is 2. The second-order valence-corrected chi connectivity index (χ2v) is 7.04. The molecule has 132 valence electrons. The maximum atomic E-state index is 11.1. The summed E-state index contributed by atoms with van der Waals surface area (Å²) < 4.78 is 3.09. The van der Waals surface area contributed by atoms with Crippen LogP contribution in [0.1, 0.15) is 21.5 Å². The minimum absolute atomic E-state index is 0.232. The third-order valence-electron chi connectivity index (χ3n) is 3.83. The molecule has 0 fully saturated rings. The number of halogens is 1. The number of aromatic amines is 1. The lowest BCUT2D eigenvalue weighted by atomic mass is 10.00. The Hall–Kier alpha value is -2.57. The molecule has 1 aromatic heterocycles. The number of rotatable bonds is 5. The highest BCUT2D eigenvalue weighted by Gasteiger charge is 2.15. The fraction of sp³-hybridized carbons (Fsp3) is 0.105. The van der Waals surface area contributed by atoms with Crippen LogP contribution in [0.15, 0.2) is 53.4 Å². The largest absolute Gasteiger partial charge is 0.478 e. The van der Waals surface area contributed by atoms with Crippen molar-refractivity contribution in [1.82, 2.24) is 4.98 Å². The van der Waals surface area contributed by atoms with Crippen molar-refractivity contribution >= 4 is 35.5 Å². The molecule has 0 saturated heterocycles. The van der Waals surface area contributed by atoms with Gasteiger partial charge in [-0.15, -0.1) is 0 Å². The maximum Gasteiger partial charge on any atom is 0.402 e. The van der Waals surface area contributed by atoms with Crippen molar-refractivity contribution < 1.29 is 14.9 Å². The highest BCUT2D eigenvalue weighted by atomic mass is 35.5. The van der Waals surface area contributed by atoms with Crippen molar-refractivity contribution in [3.05, 3.63) is 70.4 Å². The molecule has 0 atom stereocenters. The number of anilines is 1. The summed E-state index contributed by atoms with van der Waals surface area (Å²) in [6.07, 6.45) is 0. The van der Waals surface area contributed by atoms with E-state index in [0.717, 1.165) is 27.3 Å². The van der Waals surface area contributed by atoms with Crippen LogP contribution in [0.4, 0.5) is 5.95 Å². The summed E-state index contributed by atoms with van der Waals surface area (Å²) in [4.78, 5) is 19.3. The van der Waals surface area contributed by atoms with Crippen LogP contribution < -0.4 is 9.71 Å². The molecule has 3 N–H and O–H groups in total. The predicted octanol–water partition coefficient (Wildman–Crippen LogP) is 4.65. The number of carboxylic acid groups (broad SMARTS) is 1. The molecule has 5 nitrogen and oxygen atoms in total. The van der Waals surface area contributed by atoms with Gasteiger partial charge in [0.15, 0.2) is 0 Å². The minimum Gasteiger partial charge on any atom is -0.478 e. The minimum atomic E-state index is -0.961. The van der Waals surface area contributed by atoms with E-state index in [0.29, 0.717) is 11.1 Å². The summed E-state index contributed by atoms with van der Waals surface area (Å²) in [5.41, 5.74) is 4.45. The fourth-order valence-corrected chi connectivity index (χ4v) is 3.51. The Morgan fingerprint density at radius 3 is 2.54 bits per heavy atom. The van der Waals surface area contributed by atoms with Crippen LogP contribution in [-0.2, 0) is 0 Å². The van der Waals surface area contributed by atoms with Gasteiger partial charge in [0.25, 0.3) is 0 Å². The van der Waals surface area contributed by atoms with Crippen LogP contribution in [0.5, 0.6) is 0 Å². The zero-order chi connectivity index (χ0) is 18.7. The van der Waals surface area contributed by atoms with Crippen LogP contribution in [0.3, 0.4) is 0 Å². The SMILES string of the molecule is Cc1cccc(C)c1-c1cc(Cl)nc(NSc2cccc(C(=O)O)c2)[nH+]1. The van der Waals surface area contributed by atoms with Crippen LogP contribution in [0, 0.1) is 13.8 Å². The van der Waals surface area contributed by atoms with Gasteiger partial charge in [0, 0.05) is 16.5 Å². The molecule has 7 heteroatoms. The van der Waals surface area contributed by atoms with Crippen LogP contribution in [0.2, 0.25) is 5.15 Å². The van der Waals surface area contributed by atoms with Crippen molar-refractivity contribution in [3.63, 3.8) is 0 Å². The number of aryl methyl sites for hydroxylation is 2. The number of benzene rings is 2. The van der Waals surface area contributed by atoms with Gasteiger partial charge in [-0.05, 0) is 54.8 Å². The zero-order valence-electron chi connectivity index (χ0n) is 14.2. The number of carbonyl (C=O) groups is 1. The van der Waals surface area contributed by atoms with Crippen LogP contribution >= 0.6 is 23.5 Å². The lowest BCUT2D eigenvalue weighted by molar-refractivity contribution is -0.350. The van der Waals surface area contributed by atoms with Gasteiger partial charge in [-0.1, -0.05) is 29.2 Å². The van der Waals surface area contributed by atoms with Crippen molar-refractivity contribution in [3.8, 4) is 11.3 Å². The Kier molecular flexibility index (Phi) is 5.44. The number of carboxylic acids is 1. The number of hydrogen-bond acceptors (Lipinski definition) is 4. The predicted molar refractivity (Wildman–Crippen MR) is 104 cm³/mol. The van der Waals surface area contributed by atoms with Crippen LogP contribution in [0.25, 0.3) is 11.3 Å². The van der Waals surface area contributed by atoms with Gasteiger partial charge in [-0.2, -0.15) is 0 Å². The molecule has 0 aliphatic rings. The Morgan fingerprint density at radius 1 is 1.15 bits per heavy atom. The molecule has 0 aliphatic carbocycles. The normalized spacial score (nSPS) is 10.6. The van der Waals surface area contributed by atoms with Crippen molar-refractivity contribution in [1.29, 1.82) is 0 Å². The molecular weight excluding hydrogens is 370 g/mol. The lowest BCUT2D eigenvalue weighted by Crippen LogP contribution is -2.15. The van der Waals surface area contributed by atoms with Gasteiger partial charge in [0.2, 0.25) is 5.15 Å².